The van der Waals surface area contributed by atoms with Crippen molar-refractivity contribution in [2.24, 2.45) is 0 Å². The first kappa shape index (κ1) is 14.6. The van der Waals surface area contributed by atoms with E-state index >= 15 is 0 Å². The Bertz CT molecular complexity index is 589. The minimum atomic E-state index is -0.889. The van der Waals surface area contributed by atoms with E-state index in [9.17, 15) is 4.79 Å². The van der Waals surface area contributed by atoms with E-state index in [0.717, 1.165) is 30.3 Å². The van der Waals surface area contributed by atoms with E-state index in [1.165, 1.54) is 12.8 Å². The van der Waals surface area contributed by atoms with Crippen molar-refractivity contribution in [3.8, 4) is 0 Å². The summed E-state index contributed by atoms with van der Waals surface area (Å²) in [6.45, 7) is 4.37. The van der Waals surface area contributed by atoms with Gasteiger partial charge >= 0.3 is 5.97 Å². The van der Waals surface area contributed by atoms with Gasteiger partial charge in [-0.15, -0.1) is 0 Å². The molecule has 0 saturated heterocycles. The second kappa shape index (κ2) is 6.55. The summed E-state index contributed by atoms with van der Waals surface area (Å²) >= 11 is 0. The van der Waals surface area contributed by atoms with Gasteiger partial charge in [0.15, 0.2) is 0 Å². The zero-order chi connectivity index (χ0) is 14.5. The topological polar surface area (TPSA) is 55.1 Å². The van der Waals surface area contributed by atoms with E-state index in [0.29, 0.717) is 11.6 Å². The molecule has 0 fully saturated rings. The van der Waals surface area contributed by atoms with Gasteiger partial charge in [0.2, 0.25) is 0 Å². The van der Waals surface area contributed by atoms with Crippen molar-refractivity contribution in [2.75, 3.05) is 0 Å². The predicted molar refractivity (Wildman–Crippen MR) is 80.2 cm³/mol. The van der Waals surface area contributed by atoms with E-state index < -0.39 is 5.97 Å². The lowest BCUT2D eigenvalue weighted by atomic mass is 10.0. The van der Waals surface area contributed by atoms with E-state index in [4.69, 9.17) is 5.11 Å². The van der Waals surface area contributed by atoms with Gasteiger partial charge < -0.3 is 9.67 Å². The van der Waals surface area contributed by atoms with Crippen molar-refractivity contribution in [2.45, 2.75) is 52.0 Å². The standard InChI is InChI=1S/C16H22N2O2/c1-3-5-7-13(6-4-2)18-11-17-14-9-8-12(16(19)20)10-15(14)18/h8-11,13H,3-7H2,1-2H3,(H,19,20). The molecule has 4 heteroatoms. The van der Waals surface area contributed by atoms with Crippen LogP contribution in [0.3, 0.4) is 0 Å². The Hall–Kier alpha value is -1.84. The summed E-state index contributed by atoms with van der Waals surface area (Å²) in [6.07, 6.45) is 7.55. The Labute approximate surface area is 119 Å². The Morgan fingerprint density at radius 1 is 1.30 bits per heavy atom. The molecule has 4 nitrogen and oxygen atoms in total. The largest absolute Gasteiger partial charge is 0.478 e. The van der Waals surface area contributed by atoms with E-state index in [2.05, 4.69) is 23.4 Å². The number of fused-ring (bicyclic) bond motifs is 1. The second-order valence-corrected chi connectivity index (χ2v) is 5.25. The fourth-order valence-electron chi connectivity index (χ4n) is 2.65. The highest BCUT2D eigenvalue weighted by Crippen LogP contribution is 2.26. The summed E-state index contributed by atoms with van der Waals surface area (Å²) in [4.78, 5) is 15.5. The zero-order valence-corrected chi connectivity index (χ0v) is 12.2. The normalized spacial score (nSPS) is 12.7. The average molecular weight is 274 g/mol. The number of unbranched alkanes of at least 4 members (excludes halogenated alkanes) is 1. The molecule has 2 rings (SSSR count). The molecule has 1 N–H and O–H groups in total. The monoisotopic (exact) mass is 274 g/mol. The summed E-state index contributed by atoms with van der Waals surface area (Å²) in [7, 11) is 0. The van der Waals surface area contributed by atoms with Crippen LogP contribution in [0, 0.1) is 0 Å². The first-order valence-electron chi connectivity index (χ1n) is 7.37. The molecule has 0 aliphatic carbocycles. The minimum Gasteiger partial charge on any atom is -0.478 e. The Balaban J connectivity index is 2.40. The van der Waals surface area contributed by atoms with Crippen LogP contribution in [0.25, 0.3) is 11.0 Å². The van der Waals surface area contributed by atoms with Crippen molar-refractivity contribution in [3.63, 3.8) is 0 Å². The first-order valence-corrected chi connectivity index (χ1v) is 7.37. The number of aromatic nitrogens is 2. The van der Waals surface area contributed by atoms with Crippen molar-refractivity contribution >= 4 is 17.0 Å². The van der Waals surface area contributed by atoms with Gasteiger partial charge in [-0.2, -0.15) is 0 Å². The van der Waals surface area contributed by atoms with Crippen LogP contribution in [-0.2, 0) is 0 Å². The number of carboxylic acid groups (broad SMARTS) is 1. The highest BCUT2D eigenvalue weighted by Gasteiger charge is 2.14. The Kier molecular flexibility index (Phi) is 4.77. The molecule has 0 aliphatic rings. The number of benzene rings is 1. The lowest BCUT2D eigenvalue weighted by Crippen LogP contribution is -2.08. The van der Waals surface area contributed by atoms with Gasteiger partial charge in [0, 0.05) is 6.04 Å². The van der Waals surface area contributed by atoms with E-state index in [1.807, 2.05) is 6.33 Å². The predicted octanol–water partition coefficient (Wildman–Crippen LogP) is 4.27. The lowest BCUT2D eigenvalue weighted by molar-refractivity contribution is 0.0697. The molecule has 1 aromatic heterocycles. The smallest absolute Gasteiger partial charge is 0.335 e. The Morgan fingerprint density at radius 2 is 2.10 bits per heavy atom. The quantitative estimate of drug-likeness (QED) is 0.820. The maximum Gasteiger partial charge on any atom is 0.335 e. The van der Waals surface area contributed by atoms with Gasteiger partial charge in [-0.3, -0.25) is 0 Å². The van der Waals surface area contributed by atoms with Crippen molar-refractivity contribution < 1.29 is 9.90 Å². The molecule has 1 heterocycles. The van der Waals surface area contributed by atoms with Crippen molar-refractivity contribution in [1.29, 1.82) is 0 Å². The number of aromatic carboxylic acids is 1. The van der Waals surface area contributed by atoms with Crippen LogP contribution in [0.2, 0.25) is 0 Å². The van der Waals surface area contributed by atoms with Gasteiger partial charge in [-0.25, -0.2) is 9.78 Å². The average Bonchev–Trinajstić information content (AvgIpc) is 2.86. The molecule has 108 valence electrons. The minimum absolute atomic E-state index is 0.324. The van der Waals surface area contributed by atoms with Gasteiger partial charge in [-0.1, -0.05) is 33.1 Å². The second-order valence-electron chi connectivity index (χ2n) is 5.25. The van der Waals surface area contributed by atoms with Crippen LogP contribution in [-0.4, -0.2) is 20.6 Å². The Morgan fingerprint density at radius 3 is 2.75 bits per heavy atom. The third-order valence-electron chi connectivity index (χ3n) is 3.73. The van der Waals surface area contributed by atoms with Crippen LogP contribution in [0.15, 0.2) is 24.5 Å². The molecular weight excluding hydrogens is 252 g/mol. The SMILES string of the molecule is CCCCC(CCC)n1cnc2ccc(C(=O)O)cc21. The molecule has 0 saturated carbocycles. The van der Waals surface area contributed by atoms with E-state index in [-0.39, 0.29) is 0 Å². The molecule has 0 radical (unpaired) electrons. The van der Waals surface area contributed by atoms with Crippen molar-refractivity contribution in [1.82, 2.24) is 9.55 Å². The molecule has 1 aromatic carbocycles. The van der Waals surface area contributed by atoms with Gasteiger partial charge in [0.25, 0.3) is 0 Å². The first-order chi connectivity index (χ1) is 9.67. The third-order valence-corrected chi connectivity index (χ3v) is 3.73. The van der Waals surface area contributed by atoms with E-state index in [1.54, 1.807) is 18.2 Å². The zero-order valence-electron chi connectivity index (χ0n) is 12.2. The number of nitrogens with zero attached hydrogens (tertiary/aromatic N) is 2. The molecule has 0 aliphatic heterocycles. The molecule has 0 spiro atoms. The number of hydrogen-bond donors (Lipinski definition) is 1. The molecule has 1 atom stereocenters. The molecule has 2 aromatic rings. The summed E-state index contributed by atoms with van der Waals surface area (Å²) < 4.78 is 2.15. The highest BCUT2D eigenvalue weighted by atomic mass is 16.4. The maximum atomic E-state index is 11.1. The van der Waals surface area contributed by atoms with Crippen LogP contribution in [0.4, 0.5) is 0 Å². The number of carbonyl (C=O) groups is 1. The molecule has 20 heavy (non-hydrogen) atoms. The number of rotatable bonds is 7. The summed E-state index contributed by atoms with van der Waals surface area (Å²) in [5, 5.41) is 9.13. The fourth-order valence-corrected chi connectivity index (χ4v) is 2.65. The van der Waals surface area contributed by atoms with Crippen LogP contribution in [0.5, 0.6) is 0 Å². The summed E-state index contributed by atoms with van der Waals surface area (Å²) in [5.41, 5.74) is 2.12. The van der Waals surface area contributed by atoms with Gasteiger partial charge in [0.1, 0.15) is 0 Å². The molecule has 1 unspecified atom stereocenters. The molecule has 0 bridgehead atoms. The van der Waals surface area contributed by atoms with Gasteiger partial charge in [0.05, 0.1) is 22.9 Å². The summed E-state index contributed by atoms with van der Waals surface area (Å²) in [5.74, 6) is -0.889. The van der Waals surface area contributed by atoms with Crippen LogP contribution < -0.4 is 0 Å². The molecule has 0 amide bonds. The maximum absolute atomic E-state index is 11.1. The number of carboxylic acids is 1. The highest BCUT2D eigenvalue weighted by molar-refractivity contribution is 5.92. The summed E-state index contributed by atoms with van der Waals surface area (Å²) in [6, 6.07) is 5.55. The fraction of sp³-hybridized carbons (Fsp3) is 0.500. The van der Waals surface area contributed by atoms with Gasteiger partial charge in [-0.05, 0) is 31.0 Å². The number of hydrogen-bond acceptors (Lipinski definition) is 2. The van der Waals surface area contributed by atoms with Crippen LogP contribution in [0.1, 0.15) is 62.4 Å². The van der Waals surface area contributed by atoms with Crippen molar-refractivity contribution in [3.05, 3.63) is 30.1 Å². The number of imidazole rings is 1. The third kappa shape index (κ3) is 3.00. The lowest BCUT2D eigenvalue weighted by Gasteiger charge is -2.18. The van der Waals surface area contributed by atoms with Crippen LogP contribution >= 0.6 is 0 Å². The molecular formula is C16H22N2O2.